The minimum absolute atomic E-state index is 0.0378. The van der Waals surface area contributed by atoms with Gasteiger partial charge in [0.2, 0.25) is 0 Å². The third kappa shape index (κ3) is 2.61. The van der Waals surface area contributed by atoms with E-state index in [9.17, 15) is 0 Å². The first-order chi connectivity index (χ1) is 10.1. The summed E-state index contributed by atoms with van der Waals surface area (Å²) in [6.45, 7) is 7.66. The number of hydrogen-bond donors (Lipinski definition) is 2. The van der Waals surface area contributed by atoms with E-state index < -0.39 is 0 Å². The predicted molar refractivity (Wildman–Crippen MR) is 80.2 cm³/mol. The van der Waals surface area contributed by atoms with Crippen LogP contribution in [-0.4, -0.2) is 25.4 Å². The highest BCUT2D eigenvalue weighted by Gasteiger charge is 2.42. The highest BCUT2D eigenvalue weighted by molar-refractivity contribution is 5.45. The summed E-state index contributed by atoms with van der Waals surface area (Å²) in [5.41, 5.74) is 4.09. The summed E-state index contributed by atoms with van der Waals surface area (Å²) in [6.07, 6.45) is 0.419. The number of hydrogen-bond acceptors (Lipinski definition) is 5. The Morgan fingerprint density at radius 2 is 1.81 bits per heavy atom. The van der Waals surface area contributed by atoms with Crippen molar-refractivity contribution in [2.75, 3.05) is 13.2 Å². The topological polar surface area (TPSA) is 65.7 Å². The fraction of sp³-hybridized carbons (Fsp3) is 0.625. The highest BCUT2D eigenvalue weighted by Crippen LogP contribution is 2.42. The molecule has 2 aliphatic rings. The highest BCUT2D eigenvalue weighted by atomic mass is 16.6. The second-order valence-corrected chi connectivity index (χ2v) is 6.03. The molecule has 0 amide bonds. The van der Waals surface area contributed by atoms with Crippen molar-refractivity contribution >= 4 is 0 Å². The van der Waals surface area contributed by atoms with Gasteiger partial charge in [-0.25, -0.2) is 0 Å². The molecular weight excluding hydrogens is 268 g/mol. The van der Waals surface area contributed by atoms with Crippen LogP contribution in [0.4, 0.5) is 0 Å². The Hall–Kier alpha value is -1.30. The van der Waals surface area contributed by atoms with Gasteiger partial charge in [-0.1, -0.05) is 13.0 Å². The molecule has 5 heteroatoms. The molecule has 3 N–H and O–H groups in total. The molecule has 5 unspecified atom stereocenters. The molecular formula is C16H24N2O3. The maximum atomic E-state index is 5.95. The van der Waals surface area contributed by atoms with E-state index in [1.165, 1.54) is 0 Å². The van der Waals surface area contributed by atoms with Crippen molar-refractivity contribution in [1.82, 2.24) is 5.43 Å². The molecule has 1 aromatic rings. The number of nitrogens with one attached hydrogen (secondary N) is 1. The lowest BCUT2D eigenvalue weighted by molar-refractivity contribution is 0.0474. The predicted octanol–water partition coefficient (Wildman–Crippen LogP) is 2.02. The number of nitrogens with two attached hydrogens (primary N) is 1. The molecule has 0 aromatic heterocycles. The van der Waals surface area contributed by atoms with Crippen molar-refractivity contribution in [2.45, 2.75) is 39.0 Å². The van der Waals surface area contributed by atoms with Crippen molar-refractivity contribution < 1.29 is 14.2 Å². The maximum Gasteiger partial charge on any atom is 0.161 e. The summed E-state index contributed by atoms with van der Waals surface area (Å²) in [4.78, 5) is 0. The normalized spacial score (nSPS) is 33.0. The molecule has 1 fully saturated rings. The van der Waals surface area contributed by atoms with Crippen LogP contribution in [0.1, 0.15) is 32.4 Å². The van der Waals surface area contributed by atoms with Crippen molar-refractivity contribution in [3.05, 3.63) is 23.8 Å². The number of ether oxygens (including phenoxy) is 3. The molecule has 21 heavy (non-hydrogen) atoms. The number of benzene rings is 1. The molecule has 5 atom stereocenters. The van der Waals surface area contributed by atoms with Gasteiger partial charge in [-0.05, 0) is 37.5 Å². The van der Waals surface area contributed by atoms with E-state index >= 15 is 0 Å². The van der Waals surface area contributed by atoms with Crippen molar-refractivity contribution in [3.63, 3.8) is 0 Å². The minimum atomic E-state index is 0.0378. The molecule has 0 aliphatic carbocycles. The average molecular weight is 292 g/mol. The Bertz CT molecular complexity index is 508. The van der Waals surface area contributed by atoms with E-state index in [1.807, 2.05) is 12.1 Å². The van der Waals surface area contributed by atoms with Gasteiger partial charge in [0.05, 0.1) is 18.2 Å². The van der Waals surface area contributed by atoms with Gasteiger partial charge >= 0.3 is 0 Å². The summed E-state index contributed by atoms with van der Waals surface area (Å²) >= 11 is 0. The average Bonchev–Trinajstić information content (AvgIpc) is 2.74. The number of fused-ring (bicyclic) bond motifs is 1. The monoisotopic (exact) mass is 292 g/mol. The summed E-state index contributed by atoms with van der Waals surface area (Å²) in [5, 5.41) is 0. The van der Waals surface area contributed by atoms with Crippen LogP contribution in [0.3, 0.4) is 0 Å². The van der Waals surface area contributed by atoms with Gasteiger partial charge in [0.15, 0.2) is 11.5 Å². The first-order valence-electron chi connectivity index (χ1n) is 7.63. The van der Waals surface area contributed by atoms with Crippen LogP contribution in [0.25, 0.3) is 0 Å². The third-order valence-corrected chi connectivity index (χ3v) is 4.81. The Balaban J connectivity index is 1.89. The largest absolute Gasteiger partial charge is 0.486 e. The van der Waals surface area contributed by atoms with Crippen LogP contribution < -0.4 is 20.7 Å². The lowest BCUT2D eigenvalue weighted by Gasteiger charge is -2.29. The van der Waals surface area contributed by atoms with Gasteiger partial charge in [0, 0.05) is 5.92 Å². The smallest absolute Gasteiger partial charge is 0.161 e. The van der Waals surface area contributed by atoms with Crippen molar-refractivity contribution in [2.24, 2.45) is 17.7 Å². The van der Waals surface area contributed by atoms with E-state index in [-0.39, 0.29) is 18.2 Å². The zero-order chi connectivity index (χ0) is 15.0. The molecule has 116 valence electrons. The van der Waals surface area contributed by atoms with Gasteiger partial charge in [-0.3, -0.25) is 11.3 Å². The van der Waals surface area contributed by atoms with Crippen LogP contribution in [0.2, 0.25) is 0 Å². The molecule has 0 spiro atoms. The Morgan fingerprint density at radius 3 is 2.43 bits per heavy atom. The van der Waals surface area contributed by atoms with E-state index in [0.29, 0.717) is 25.0 Å². The second kappa shape index (κ2) is 5.83. The van der Waals surface area contributed by atoms with E-state index in [2.05, 4.69) is 32.3 Å². The zero-order valence-electron chi connectivity index (χ0n) is 12.8. The van der Waals surface area contributed by atoms with Crippen molar-refractivity contribution in [3.8, 4) is 11.5 Å². The SMILES string of the molecule is CC1OC(C)C(C(NN)c2ccc3c(c2)OCCO3)C1C. The molecule has 3 rings (SSSR count). The summed E-state index contributed by atoms with van der Waals surface area (Å²) in [6, 6.07) is 6.08. The zero-order valence-corrected chi connectivity index (χ0v) is 12.8. The molecule has 0 bridgehead atoms. The van der Waals surface area contributed by atoms with Gasteiger partial charge in [-0.2, -0.15) is 0 Å². The van der Waals surface area contributed by atoms with E-state index in [4.69, 9.17) is 20.1 Å². The summed E-state index contributed by atoms with van der Waals surface area (Å²) in [7, 11) is 0. The van der Waals surface area contributed by atoms with Crippen LogP contribution in [0.15, 0.2) is 18.2 Å². The Kier molecular flexibility index (Phi) is 4.06. The summed E-state index contributed by atoms with van der Waals surface area (Å²) in [5.74, 6) is 8.22. The Morgan fingerprint density at radius 1 is 1.10 bits per heavy atom. The summed E-state index contributed by atoms with van der Waals surface area (Å²) < 4.78 is 17.2. The van der Waals surface area contributed by atoms with Crippen molar-refractivity contribution in [1.29, 1.82) is 0 Å². The van der Waals surface area contributed by atoms with Gasteiger partial charge in [0.25, 0.3) is 0 Å². The molecule has 1 aromatic carbocycles. The fourth-order valence-corrected chi connectivity index (χ4v) is 3.55. The number of rotatable bonds is 3. The van der Waals surface area contributed by atoms with Gasteiger partial charge in [0.1, 0.15) is 13.2 Å². The first kappa shape index (κ1) is 14.6. The van der Waals surface area contributed by atoms with Crippen LogP contribution >= 0.6 is 0 Å². The van der Waals surface area contributed by atoms with Crippen LogP contribution in [-0.2, 0) is 4.74 Å². The maximum absolute atomic E-state index is 5.95. The second-order valence-electron chi connectivity index (χ2n) is 6.03. The molecule has 2 aliphatic heterocycles. The lowest BCUT2D eigenvalue weighted by Crippen LogP contribution is -2.38. The van der Waals surface area contributed by atoms with E-state index in [1.54, 1.807) is 0 Å². The molecule has 2 heterocycles. The Labute approximate surface area is 125 Å². The molecule has 1 saturated heterocycles. The van der Waals surface area contributed by atoms with Crippen LogP contribution in [0, 0.1) is 11.8 Å². The first-order valence-corrected chi connectivity index (χ1v) is 7.63. The molecule has 0 radical (unpaired) electrons. The van der Waals surface area contributed by atoms with Gasteiger partial charge in [-0.15, -0.1) is 0 Å². The van der Waals surface area contributed by atoms with E-state index in [0.717, 1.165) is 17.1 Å². The standard InChI is InChI=1S/C16H24N2O3/c1-9-10(2)21-11(3)15(9)16(18-17)12-4-5-13-14(8-12)20-7-6-19-13/h4-5,8-11,15-16,18H,6-7,17H2,1-3H3. The fourth-order valence-electron chi connectivity index (χ4n) is 3.55. The minimum Gasteiger partial charge on any atom is -0.486 e. The third-order valence-electron chi connectivity index (χ3n) is 4.81. The lowest BCUT2D eigenvalue weighted by atomic mass is 9.80. The van der Waals surface area contributed by atoms with Crippen LogP contribution in [0.5, 0.6) is 11.5 Å². The number of hydrazine groups is 1. The quantitative estimate of drug-likeness (QED) is 0.659. The molecule has 5 nitrogen and oxygen atoms in total. The van der Waals surface area contributed by atoms with Gasteiger partial charge < -0.3 is 14.2 Å². The molecule has 0 saturated carbocycles.